The number of aliphatic carboxylic acids is 1. The molecule has 1 aromatic rings. The number of rotatable bonds is 6. The average molecular weight is 280 g/mol. The number of carbonyl (C=O) groups excluding carboxylic acids is 2. The number of pyridine rings is 1. The Bertz CT molecular complexity index is 518. The van der Waals surface area contributed by atoms with E-state index >= 15 is 0 Å². The highest BCUT2D eigenvalue weighted by atomic mass is 16.4. The van der Waals surface area contributed by atoms with Gasteiger partial charge in [0.2, 0.25) is 5.91 Å². The molecule has 0 spiro atoms. The van der Waals surface area contributed by atoms with Gasteiger partial charge in [-0.2, -0.15) is 0 Å². The number of nitrogens with zero attached hydrogens (tertiary/aromatic N) is 1. The predicted octanol–water partition coefficient (Wildman–Crippen LogP) is 0.230. The fourth-order valence-electron chi connectivity index (χ4n) is 1.49. The highest BCUT2D eigenvalue weighted by Gasteiger charge is 2.20. The zero-order valence-corrected chi connectivity index (χ0v) is 10.9. The first-order chi connectivity index (χ1) is 9.38. The molecule has 8 nitrogen and oxygen atoms in total. The Kier molecular flexibility index (Phi) is 5.45. The topological polar surface area (TPSA) is 134 Å². The second-order valence-electron chi connectivity index (χ2n) is 4.25. The first-order valence-electron chi connectivity index (χ1n) is 5.88. The molecule has 0 fully saturated rings. The SMILES string of the molecule is Cc1cncc(NC(=O)N[C@H](CCC(N)=O)C(=O)O)c1. The van der Waals surface area contributed by atoms with Crippen LogP contribution in [0.3, 0.4) is 0 Å². The largest absolute Gasteiger partial charge is 0.480 e. The number of carboxylic acids is 1. The first kappa shape index (κ1) is 15.4. The quantitative estimate of drug-likeness (QED) is 0.591. The molecule has 0 radical (unpaired) electrons. The fraction of sp³-hybridized carbons (Fsp3) is 0.333. The lowest BCUT2D eigenvalue weighted by Gasteiger charge is -2.14. The van der Waals surface area contributed by atoms with E-state index in [-0.39, 0.29) is 12.8 Å². The second kappa shape index (κ2) is 7.07. The second-order valence-corrected chi connectivity index (χ2v) is 4.25. The molecule has 0 bridgehead atoms. The molecule has 0 aliphatic carbocycles. The number of carbonyl (C=O) groups is 3. The van der Waals surface area contributed by atoms with Crippen LogP contribution in [0.4, 0.5) is 10.5 Å². The van der Waals surface area contributed by atoms with Crippen LogP contribution in [0.15, 0.2) is 18.5 Å². The Morgan fingerprint density at radius 2 is 2.10 bits per heavy atom. The van der Waals surface area contributed by atoms with Crippen molar-refractivity contribution in [2.75, 3.05) is 5.32 Å². The van der Waals surface area contributed by atoms with Crippen LogP contribution in [0.25, 0.3) is 0 Å². The number of urea groups is 1. The molecule has 8 heteroatoms. The van der Waals surface area contributed by atoms with E-state index in [4.69, 9.17) is 10.8 Å². The van der Waals surface area contributed by atoms with Crippen LogP contribution in [-0.2, 0) is 9.59 Å². The number of primary amides is 1. The number of hydrogen-bond donors (Lipinski definition) is 4. The number of aryl methyl sites for hydroxylation is 1. The van der Waals surface area contributed by atoms with E-state index < -0.39 is 23.9 Å². The summed E-state index contributed by atoms with van der Waals surface area (Å²) < 4.78 is 0. The smallest absolute Gasteiger partial charge is 0.326 e. The van der Waals surface area contributed by atoms with Crippen molar-refractivity contribution in [3.05, 3.63) is 24.0 Å². The van der Waals surface area contributed by atoms with Gasteiger partial charge in [-0.25, -0.2) is 9.59 Å². The van der Waals surface area contributed by atoms with Gasteiger partial charge in [-0.1, -0.05) is 0 Å². The van der Waals surface area contributed by atoms with Crippen LogP contribution in [0.1, 0.15) is 18.4 Å². The van der Waals surface area contributed by atoms with Crippen LogP contribution >= 0.6 is 0 Å². The predicted molar refractivity (Wildman–Crippen MR) is 71.0 cm³/mol. The van der Waals surface area contributed by atoms with E-state index in [0.717, 1.165) is 5.56 Å². The van der Waals surface area contributed by atoms with Gasteiger partial charge in [0, 0.05) is 12.6 Å². The van der Waals surface area contributed by atoms with Crippen LogP contribution in [0.5, 0.6) is 0 Å². The molecular weight excluding hydrogens is 264 g/mol. The lowest BCUT2D eigenvalue weighted by atomic mass is 10.1. The molecule has 0 aliphatic rings. The molecule has 20 heavy (non-hydrogen) atoms. The molecule has 0 aromatic carbocycles. The van der Waals surface area contributed by atoms with Gasteiger partial charge < -0.3 is 21.5 Å². The lowest BCUT2D eigenvalue weighted by Crippen LogP contribution is -2.43. The van der Waals surface area contributed by atoms with Gasteiger partial charge in [-0.05, 0) is 25.0 Å². The monoisotopic (exact) mass is 280 g/mol. The number of amides is 3. The van der Waals surface area contributed by atoms with E-state index in [0.29, 0.717) is 5.69 Å². The Morgan fingerprint density at radius 1 is 1.40 bits per heavy atom. The normalized spacial score (nSPS) is 11.4. The minimum Gasteiger partial charge on any atom is -0.480 e. The zero-order chi connectivity index (χ0) is 15.1. The van der Waals surface area contributed by atoms with Crippen molar-refractivity contribution in [1.82, 2.24) is 10.3 Å². The van der Waals surface area contributed by atoms with Crippen LogP contribution in [-0.4, -0.2) is 34.0 Å². The maximum Gasteiger partial charge on any atom is 0.326 e. The molecule has 108 valence electrons. The summed E-state index contributed by atoms with van der Waals surface area (Å²) in [7, 11) is 0. The standard InChI is InChI=1S/C12H16N4O4/c1-7-4-8(6-14-5-7)15-12(20)16-9(11(18)19)2-3-10(13)17/h4-6,9H,2-3H2,1H3,(H2,13,17)(H,18,19)(H2,15,16,20)/t9-/m1/s1. The van der Waals surface area contributed by atoms with Crippen molar-refractivity contribution in [2.45, 2.75) is 25.8 Å². The van der Waals surface area contributed by atoms with Gasteiger partial charge in [-0.3, -0.25) is 9.78 Å². The highest BCUT2D eigenvalue weighted by Crippen LogP contribution is 2.07. The van der Waals surface area contributed by atoms with Crippen molar-refractivity contribution < 1.29 is 19.5 Å². The Labute approximate surface area is 115 Å². The molecule has 3 amide bonds. The minimum atomic E-state index is -1.23. The Morgan fingerprint density at radius 3 is 2.65 bits per heavy atom. The summed E-state index contributed by atoms with van der Waals surface area (Å²) in [6, 6.07) is -0.180. The molecule has 1 heterocycles. The van der Waals surface area contributed by atoms with Gasteiger partial charge in [0.25, 0.3) is 0 Å². The maximum atomic E-state index is 11.7. The van der Waals surface area contributed by atoms with Crippen molar-refractivity contribution >= 4 is 23.6 Å². The number of nitrogens with one attached hydrogen (secondary N) is 2. The minimum absolute atomic E-state index is 0.0653. The first-order valence-corrected chi connectivity index (χ1v) is 5.88. The van der Waals surface area contributed by atoms with Gasteiger partial charge in [0.05, 0.1) is 11.9 Å². The van der Waals surface area contributed by atoms with Crippen molar-refractivity contribution in [3.8, 4) is 0 Å². The summed E-state index contributed by atoms with van der Waals surface area (Å²) in [5.41, 5.74) is 6.24. The van der Waals surface area contributed by atoms with Crippen LogP contribution in [0, 0.1) is 6.92 Å². The molecular formula is C12H16N4O4. The molecule has 1 rings (SSSR count). The van der Waals surface area contributed by atoms with E-state index in [1.165, 1.54) is 6.20 Å². The zero-order valence-electron chi connectivity index (χ0n) is 10.9. The van der Waals surface area contributed by atoms with E-state index in [1.807, 2.05) is 6.92 Å². The third-order valence-corrected chi connectivity index (χ3v) is 2.42. The third kappa shape index (κ3) is 5.34. The Hall–Kier alpha value is -2.64. The maximum absolute atomic E-state index is 11.7. The summed E-state index contributed by atoms with van der Waals surface area (Å²) in [4.78, 5) is 37.1. The number of anilines is 1. The van der Waals surface area contributed by atoms with Crippen LogP contribution in [0.2, 0.25) is 0 Å². The van der Waals surface area contributed by atoms with Crippen molar-refractivity contribution in [1.29, 1.82) is 0 Å². The molecule has 0 aliphatic heterocycles. The van der Waals surface area contributed by atoms with Crippen molar-refractivity contribution in [2.24, 2.45) is 5.73 Å². The Balaban J connectivity index is 2.57. The van der Waals surface area contributed by atoms with Gasteiger partial charge in [0.1, 0.15) is 6.04 Å². The fourth-order valence-corrected chi connectivity index (χ4v) is 1.49. The number of nitrogens with two attached hydrogens (primary N) is 1. The molecule has 0 unspecified atom stereocenters. The van der Waals surface area contributed by atoms with Gasteiger partial charge >= 0.3 is 12.0 Å². The summed E-state index contributed by atoms with van der Waals surface area (Å²) in [6.07, 6.45) is 2.87. The number of carboxylic acid groups (broad SMARTS) is 1. The third-order valence-electron chi connectivity index (χ3n) is 2.42. The van der Waals surface area contributed by atoms with E-state index in [2.05, 4.69) is 15.6 Å². The van der Waals surface area contributed by atoms with Crippen LogP contribution < -0.4 is 16.4 Å². The van der Waals surface area contributed by atoms with Gasteiger partial charge in [0.15, 0.2) is 0 Å². The number of aromatic nitrogens is 1. The van der Waals surface area contributed by atoms with E-state index in [1.54, 1.807) is 12.3 Å². The van der Waals surface area contributed by atoms with Crippen molar-refractivity contribution in [3.63, 3.8) is 0 Å². The average Bonchev–Trinajstić information content (AvgIpc) is 2.33. The lowest BCUT2D eigenvalue weighted by molar-refractivity contribution is -0.139. The highest BCUT2D eigenvalue weighted by molar-refractivity contribution is 5.92. The molecule has 1 aromatic heterocycles. The molecule has 5 N–H and O–H groups in total. The summed E-state index contributed by atoms with van der Waals surface area (Å²) in [5, 5.41) is 13.7. The number of hydrogen-bond acceptors (Lipinski definition) is 4. The molecule has 1 atom stereocenters. The summed E-state index contributed by atoms with van der Waals surface area (Å²) in [6.45, 7) is 1.81. The molecule has 0 saturated carbocycles. The summed E-state index contributed by atoms with van der Waals surface area (Å²) in [5.74, 6) is -1.86. The molecule has 0 saturated heterocycles. The summed E-state index contributed by atoms with van der Waals surface area (Å²) >= 11 is 0. The van der Waals surface area contributed by atoms with Gasteiger partial charge in [-0.15, -0.1) is 0 Å². The van der Waals surface area contributed by atoms with E-state index in [9.17, 15) is 14.4 Å².